The largest absolute Gasteiger partial charge is 0.410 e. The summed E-state index contributed by atoms with van der Waals surface area (Å²) in [5, 5.41) is 7.23. The molecule has 1 amide bonds. The number of nitrogens with one attached hydrogen (secondary N) is 1. The number of fused-ring (bicyclic) bond motifs is 1. The number of carbonyl (C=O) groups is 1. The van der Waals surface area contributed by atoms with Gasteiger partial charge in [-0.15, -0.1) is 0 Å². The molecule has 3 heterocycles. The van der Waals surface area contributed by atoms with Crippen LogP contribution in [-0.2, 0) is 0 Å². The van der Waals surface area contributed by atoms with E-state index >= 15 is 0 Å². The lowest BCUT2D eigenvalue weighted by molar-refractivity contribution is -0.173. The number of alkyl halides is 3. The monoisotopic (exact) mass is 406 g/mol. The molecule has 0 unspecified atom stereocenters. The Kier molecular flexibility index (Phi) is 5.04. The lowest BCUT2D eigenvalue weighted by Crippen LogP contribution is -2.38. The van der Waals surface area contributed by atoms with Gasteiger partial charge in [0.15, 0.2) is 11.7 Å². The van der Waals surface area contributed by atoms with Crippen molar-refractivity contribution in [3.05, 3.63) is 47.2 Å². The number of aryl methyl sites for hydroxylation is 1. The quantitative estimate of drug-likeness (QED) is 0.785. The second-order valence-corrected chi connectivity index (χ2v) is 8.23. The van der Waals surface area contributed by atoms with Gasteiger partial charge in [-0.1, -0.05) is 36.8 Å². The molecule has 0 radical (unpaired) electrons. The number of hydrogen-bond donors (Lipinski definition) is 1. The van der Waals surface area contributed by atoms with E-state index in [1.807, 2.05) is 31.2 Å². The number of carbonyl (C=O) groups excluding carboxylic acids is 1. The molecule has 29 heavy (non-hydrogen) atoms. The fraction of sp³-hybridized carbons (Fsp3) is 0.524. The van der Waals surface area contributed by atoms with E-state index in [1.54, 1.807) is 4.90 Å². The van der Waals surface area contributed by atoms with Crippen molar-refractivity contribution >= 4 is 11.7 Å². The molecule has 0 bridgehead atoms. The SMILES string of the molecule is Cc1ccc([C@H]2C[C@@H](C(F)(F)F)n3nc(C(=O)N4CCC(C)CC4)cc3N2)cc1. The molecule has 0 aliphatic carbocycles. The van der Waals surface area contributed by atoms with E-state index in [-0.39, 0.29) is 23.8 Å². The molecule has 2 aliphatic heterocycles. The molecule has 2 aliphatic rings. The van der Waals surface area contributed by atoms with Crippen molar-refractivity contribution in [1.82, 2.24) is 14.7 Å². The highest BCUT2D eigenvalue weighted by molar-refractivity contribution is 5.93. The van der Waals surface area contributed by atoms with Gasteiger partial charge in [0.05, 0.1) is 6.04 Å². The molecule has 5 nitrogen and oxygen atoms in total. The topological polar surface area (TPSA) is 50.2 Å². The van der Waals surface area contributed by atoms with Crippen molar-refractivity contribution in [2.75, 3.05) is 18.4 Å². The zero-order chi connectivity index (χ0) is 20.8. The average Bonchev–Trinajstić information content (AvgIpc) is 3.11. The number of amides is 1. The third-order valence-corrected chi connectivity index (χ3v) is 5.96. The van der Waals surface area contributed by atoms with Crippen LogP contribution in [0.15, 0.2) is 30.3 Å². The third kappa shape index (κ3) is 3.97. The maximum Gasteiger partial charge on any atom is 0.410 e. The molecule has 2 aromatic rings. The van der Waals surface area contributed by atoms with Crippen LogP contribution < -0.4 is 5.32 Å². The molecule has 1 N–H and O–H groups in total. The molecule has 1 saturated heterocycles. The molecule has 0 saturated carbocycles. The average molecular weight is 406 g/mol. The van der Waals surface area contributed by atoms with Crippen molar-refractivity contribution in [3.63, 3.8) is 0 Å². The summed E-state index contributed by atoms with van der Waals surface area (Å²) < 4.78 is 42.3. The zero-order valence-corrected chi connectivity index (χ0v) is 16.5. The minimum atomic E-state index is -4.45. The second kappa shape index (κ2) is 7.39. The van der Waals surface area contributed by atoms with Crippen molar-refractivity contribution in [1.29, 1.82) is 0 Å². The summed E-state index contributed by atoms with van der Waals surface area (Å²) in [6, 6.07) is 6.65. The maximum absolute atomic E-state index is 13.8. The lowest BCUT2D eigenvalue weighted by Gasteiger charge is -2.33. The summed E-state index contributed by atoms with van der Waals surface area (Å²) in [6.45, 7) is 5.31. The number of piperidine rings is 1. The van der Waals surface area contributed by atoms with Crippen molar-refractivity contribution in [2.24, 2.45) is 5.92 Å². The van der Waals surface area contributed by atoms with Crippen LogP contribution in [0.5, 0.6) is 0 Å². The Bertz CT molecular complexity index is 882. The Morgan fingerprint density at radius 3 is 2.45 bits per heavy atom. The van der Waals surface area contributed by atoms with E-state index in [0.29, 0.717) is 19.0 Å². The number of hydrogen-bond acceptors (Lipinski definition) is 3. The normalized spacial score (nSPS) is 22.9. The molecule has 156 valence electrons. The minimum Gasteiger partial charge on any atom is -0.363 e. The molecule has 4 rings (SSSR count). The van der Waals surface area contributed by atoms with E-state index < -0.39 is 18.3 Å². The number of nitrogens with zero attached hydrogens (tertiary/aromatic N) is 3. The number of halogens is 3. The Morgan fingerprint density at radius 1 is 1.17 bits per heavy atom. The summed E-state index contributed by atoms with van der Waals surface area (Å²) in [5.41, 5.74) is 1.90. The van der Waals surface area contributed by atoms with E-state index in [9.17, 15) is 18.0 Å². The first-order valence-corrected chi connectivity index (χ1v) is 10.0. The molecular weight excluding hydrogens is 381 g/mol. The Labute approximate surface area is 167 Å². The number of benzene rings is 1. The number of rotatable bonds is 2. The van der Waals surface area contributed by atoms with Crippen LogP contribution in [0.1, 0.15) is 59.9 Å². The highest BCUT2D eigenvalue weighted by atomic mass is 19.4. The molecular formula is C21H25F3N4O. The standard InChI is InChI=1S/C21H25F3N4O/c1-13-3-5-15(6-4-13)16-11-18(21(22,23)24)28-19(25-16)12-17(26-28)20(29)27-9-7-14(2)8-10-27/h3-6,12,14,16,18,25H,7-11H2,1-2H3/t16-,18+/m1/s1. The van der Waals surface area contributed by atoms with Crippen LogP contribution in [0, 0.1) is 12.8 Å². The van der Waals surface area contributed by atoms with Crippen LogP contribution in [-0.4, -0.2) is 39.9 Å². The van der Waals surface area contributed by atoms with Crippen LogP contribution in [0.4, 0.5) is 19.0 Å². The van der Waals surface area contributed by atoms with Crippen LogP contribution >= 0.6 is 0 Å². The summed E-state index contributed by atoms with van der Waals surface area (Å²) in [7, 11) is 0. The predicted octanol–water partition coefficient (Wildman–Crippen LogP) is 4.72. The fourth-order valence-electron chi connectivity index (χ4n) is 4.07. The highest BCUT2D eigenvalue weighted by Gasteiger charge is 2.47. The van der Waals surface area contributed by atoms with Crippen molar-refractivity contribution < 1.29 is 18.0 Å². The van der Waals surface area contributed by atoms with Gasteiger partial charge in [0.1, 0.15) is 5.82 Å². The number of anilines is 1. The summed E-state index contributed by atoms with van der Waals surface area (Å²) in [4.78, 5) is 14.5. The first-order valence-electron chi connectivity index (χ1n) is 10.0. The van der Waals surface area contributed by atoms with Gasteiger partial charge >= 0.3 is 6.18 Å². The van der Waals surface area contributed by atoms with E-state index in [0.717, 1.165) is 28.7 Å². The molecule has 8 heteroatoms. The lowest BCUT2D eigenvalue weighted by atomic mass is 9.96. The van der Waals surface area contributed by atoms with Crippen LogP contribution in [0.3, 0.4) is 0 Å². The fourth-order valence-corrected chi connectivity index (χ4v) is 4.07. The van der Waals surface area contributed by atoms with Gasteiger partial charge in [-0.25, -0.2) is 4.68 Å². The highest BCUT2D eigenvalue weighted by Crippen LogP contribution is 2.43. The maximum atomic E-state index is 13.8. The van der Waals surface area contributed by atoms with Crippen LogP contribution in [0.25, 0.3) is 0 Å². The molecule has 0 spiro atoms. The van der Waals surface area contributed by atoms with Crippen molar-refractivity contribution in [3.8, 4) is 0 Å². The first kappa shape index (κ1) is 19.8. The first-order chi connectivity index (χ1) is 13.7. The summed E-state index contributed by atoms with van der Waals surface area (Å²) >= 11 is 0. The molecule has 1 aromatic heterocycles. The Balaban J connectivity index is 1.63. The van der Waals surface area contributed by atoms with Gasteiger partial charge in [-0.05, 0) is 31.2 Å². The van der Waals surface area contributed by atoms with Gasteiger partial charge in [-0.2, -0.15) is 18.3 Å². The predicted molar refractivity (Wildman–Crippen MR) is 104 cm³/mol. The Hall–Kier alpha value is -2.51. The van der Waals surface area contributed by atoms with E-state index in [2.05, 4.69) is 17.3 Å². The number of aromatic nitrogens is 2. The summed E-state index contributed by atoms with van der Waals surface area (Å²) in [5.74, 6) is 0.493. The van der Waals surface area contributed by atoms with Crippen LogP contribution in [0.2, 0.25) is 0 Å². The van der Waals surface area contributed by atoms with E-state index in [4.69, 9.17) is 0 Å². The minimum absolute atomic E-state index is 0.0702. The van der Waals surface area contributed by atoms with Gasteiger partial charge in [0, 0.05) is 25.6 Å². The smallest absolute Gasteiger partial charge is 0.363 e. The van der Waals surface area contributed by atoms with Gasteiger partial charge in [0.2, 0.25) is 0 Å². The molecule has 1 fully saturated rings. The zero-order valence-electron chi connectivity index (χ0n) is 16.5. The van der Waals surface area contributed by atoms with E-state index in [1.165, 1.54) is 6.07 Å². The molecule has 1 aromatic carbocycles. The molecule has 2 atom stereocenters. The Morgan fingerprint density at radius 2 is 1.83 bits per heavy atom. The van der Waals surface area contributed by atoms with Crippen molar-refractivity contribution in [2.45, 2.75) is 51.4 Å². The number of likely N-dealkylation sites (tertiary alicyclic amines) is 1. The second-order valence-electron chi connectivity index (χ2n) is 8.23. The van der Waals surface area contributed by atoms with Gasteiger partial charge < -0.3 is 10.2 Å². The third-order valence-electron chi connectivity index (χ3n) is 5.96. The summed E-state index contributed by atoms with van der Waals surface area (Å²) in [6.07, 6.45) is -2.82. The van der Waals surface area contributed by atoms with Gasteiger partial charge in [0.25, 0.3) is 5.91 Å². The van der Waals surface area contributed by atoms with Gasteiger partial charge in [-0.3, -0.25) is 4.79 Å².